The molecular weight excluding hydrogens is 264 g/mol. The van der Waals surface area contributed by atoms with Gasteiger partial charge in [-0.3, -0.25) is 5.10 Å². The normalized spacial score (nSPS) is 11.0. The second kappa shape index (κ2) is 5.44. The molecule has 5 heteroatoms. The van der Waals surface area contributed by atoms with Gasteiger partial charge in [-0.2, -0.15) is 5.10 Å². The van der Waals surface area contributed by atoms with E-state index in [4.69, 9.17) is 4.74 Å². The maximum atomic E-state index is 5.71. The van der Waals surface area contributed by atoms with E-state index in [-0.39, 0.29) is 6.10 Å². The number of H-pyrrole nitrogens is 1. The van der Waals surface area contributed by atoms with E-state index in [1.54, 1.807) is 6.20 Å². The molecule has 108 valence electrons. The summed E-state index contributed by atoms with van der Waals surface area (Å²) in [7, 11) is 0. The van der Waals surface area contributed by atoms with Gasteiger partial charge in [0.05, 0.1) is 22.7 Å². The number of pyridine rings is 1. The predicted molar refractivity (Wildman–Crippen MR) is 84.1 cm³/mol. The van der Waals surface area contributed by atoms with Crippen LogP contribution in [0.5, 0.6) is 5.75 Å². The quantitative estimate of drug-likeness (QED) is 0.764. The number of nitrogens with one attached hydrogen (secondary N) is 2. The third-order valence-electron chi connectivity index (χ3n) is 3.13. The molecule has 0 saturated carbocycles. The summed E-state index contributed by atoms with van der Waals surface area (Å²) < 4.78 is 5.71. The first-order valence-electron chi connectivity index (χ1n) is 6.97. The average Bonchev–Trinajstić information content (AvgIpc) is 2.81. The monoisotopic (exact) mass is 282 g/mol. The first kappa shape index (κ1) is 13.4. The highest BCUT2D eigenvalue weighted by Gasteiger charge is 2.09. The van der Waals surface area contributed by atoms with Crippen LogP contribution >= 0.6 is 0 Å². The van der Waals surface area contributed by atoms with Crippen LogP contribution in [0, 0.1) is 6.92 Å². The van der Waals surface area contributed by atoms with E-state index in [9.17, 15) is 0 Å². The van der Waals surface area contributed by atoms with Gasteiger partial charge in [0.2, 0.25) is 0 Å². The topological polar surface area (TPSA) is 62.8 Å². The molecule has 2 heterocycles. The SMILES string of the molecule is Cc1n[nH]c2ccnc(Nc3cccc(OC(C)C)c3)c12. The number of fused-ring (bicyclic) bond motifs is 1. The van der Waals surface area contributed by atoms with Gasteiger partial charge in [-0.05, 0) is 39.0 Å². The summed E-state index contributed by atoms with van der Waals surface area (Å²) in [6.07, 6.45) is 1.91. The lowest BCUT2D eigenvalue weighted by Crippen LogP contribution is -2.05. The molecule has 0 unspecified atom stereocenters. The molecule has 5 nitrogen and oxygen atoms in total. The Morgan fingerprint density at radius 2 is 2.10 bits per heavy atom. The number of hydrogen-bond acceptors (Lipinski definition) is 4. The third kappa shape index (κ3) is 2.81. The lowest BCUT2D eigenvalue weighted by molar-refractivity contribution is 0.242. The summed E-state index contributed by atoms with van der Waals surface area (Å²) in [6, 6.07) is 9.78. The van der Waals surface area contributed by atoms with Gasteiger partial charge in [0.25, 0.3) is 0 Å². The number of aryl methyl sites for hydroxylation is 1. The van der Waals surface area contributed by atoms with E-state index in [0.29, 0.717) is 0 Å². The molecule has 0 amide bonds. The molecule has 3 rings (SSSR count). The number of nitrogens with zero attached hydrogens (tertiary/aromatic N) is 2. The molecule has 0 bridgehead atoms. The third-order valence-corrected chi connectivity index (χ3v) is 3.13. The van der Waals surface area contributed by atoms with Crippen molar-refractivity contribution in [1.29, 1.82) is 0 Å². The molecule has 0 atom stereocenters. The average molecular weight is 282 g/mol. The molecule has 0 fully saturated rings. The van der Waals surface area contributed by atoms with Crippen LogP contribution in [0.25, 0.3) is 10.9 Å². The molecule has 0 aliphatic rings. The molecule has 0 spiro atoms. The van der Waals surface area contributed by atoms with Gasteiger partial charge in [0.15, 0.2) is 0 Å². The zero-order valence-electron chi connectivity index (χ0n) is 12.3. The fourth-order valence-electron chi connectivity index (χ4n) is 2.27. The molecular formula is C16H18N4O. The van der Waals surface area contributed by atoms with Gasteiger partial charge in [-0.15, -0.1) is 0 Å². The Morgan fingerprint density at radius 3 is 2.90 bits per heavy atom. The Balaban J connectivity index is 1.93. The second-order valence-corrected chi connectivity index (χ2v) is 5.21. The Bertz CT molecular complexity index is 764. The van der Waals surface area contributed by atoms with Crippen LogP contribution in [0.3, 0.4) is 0 Å². The first-order chi connectivity index (χ1) is 10.1. The highest BCUT2D eigenvalue weighted by molar-refractivity contribution is 5.92. The van der Waals surface area contributed by atoms with Crippen molar-refractivity contribution in [2.45, 2.75) is 26.9 Å². The van der Waals surface area contributed by atoms with E-state index >= 15 is 0 Å². The summed E-state index contributed by atoms with van der Waals surface area (Å²) in [5.41, 5.74) is 2.84. The van der Waals surface area contributed by atoms with Crippen LogP contribution in [0.15, 0.2) is 36.5 Å². The lowest BCUT2D eigenvalue weighted by atomic mass is 10.2. The van der Waals surface area contributed by atoms with Gasteiger partial charge >= 0.3 is 0 Å². The number of hydrogen-bond donors (Lipinski definition) is 2. The molecule has 1 aromatic carbocycles. The van der Waals surface area contributed by atoms with Crippen molar-refractivity contribution in [2.75, 3.05) is 5.32 Å². The van der Waals surface area contributed by atoms with Crippen LogP contribution in [-0.2, 0) is 0 Å². The zero-order chi connectivity index (χ0) is 14.8. The van der Waals surface area contributed by atoms with E-state index in [1.165, 1.54) is 0 Å². The molecule has 0 saturated heterocycles. The Kier molecular flexibility index (Phi) is 3.48. The molecule has 3 aromatic rings. The molecule has 0 aliphatic carbocycles. The molecule has 2 aromatic heterocycles. The molecule has 21 heavy (non-hydrogen) atoms. The summed E-state index contributed by atoms with van der Waals surface area (Å²) in [5, 5.41) is 11.6. The van der Waals surface area contributed by atoms with Crippen molar-refractivity contribution in [3.05, 3.63) is 42.2 Å². The predicted octanol–water partition coefficient (Wildman–Crippen LogP) is 3.80. The van der Waals surface area contributed by atoms with Crippen molar-refractivity contribution in [1.82, 2.24) is 15.2 Å². The minimum atomic E-state index is 0.151. The van der Waals surface area contributed by atoms with E-state index in [1.807, 2.05) is 51.1 Å². The minimum Gasteiger partial charge on any atom is -0.491 e. The summed E-state index contributed by atoms with van der Waals surface area (Å²) in [5.74, 6) is 1.63. The van der Waals surface area contributed by atoms with Crippen LogP contribution in [0.2, 0.25) is 0 Å². The van der Waals surface area contributed by atoms with Crippen LogP contribution in [-0.4, -0.2) is 21.3 Å². The van der Waals surface area contributed by atoms with Gasteiger partial charge in [0, 0.05) is 18.0 Å². The van der Waals surface area contributed by atoms with Gasteiger partial charge < -0.3 is 10.1 Å². The van der Waals surface area contributed by atoms with Crippen molar-refractivity contribution in [2.24, 2.45) is 0 Å². The maximum Gasteiger partial charge on any atom is 0.141 e. The summed E-state index contributed by atoms with van der Waals surface area (Å²) in [4.78, 5) is 4.41. The Labute approximate surface area is 123 Å². The van der Waals surface area contributed by atoms with Crippen LogP contribution < -0.4 is 10.1 Å². The molecule has 0 aliphatic heterocycles. The van der Waals surface area contributed by atoms with Crippen LogP contribution in [0.4, 0.5) is 11.5 Å². The van der Waals surface area contributed by atoms with Crippen molar-refractivity contribution in [3.8, 4) is 5.75 Å². The Morgan fingerprint density at radius 1 is 1.24 bits per heavy atom. The maximum absolute atomic E-state index is 5.71. The highest BCUT2D eigenvalue weighted by Crippen LogP contribution is 2.27. The Hall–Kier alpha value is -2.56. The fraction of sp³-hybridized carbons (Fsp3) is 0.250. The van der Waals surface area contributed by atoms with Crippen molar-refractivity contribution < 1.29 is 4.74 Å². The largest absolute Gasteiger partial charge is 0.491 e. The number of aromatic nitrogens is 3. The number of anilines is 2. The highest BCUT2D eigenvalue weighted by atomic mass is 16.5. The molecule has 0 radical (unpaired) electrons. The van der Waals surface area contributed by atoms with Crippen LogP contribution in [0.1, 0.15) is 19.5 Å². The fourth-order valence-corrected chi connectivity index (χ4v) is 2.27. The standard InChI is InChI=1S/C16H18N4O/c1-10(2)21-13-6-4-5-12(9-13)18-16-15-11(3)19-20-14(15)7-8-17-16/h4-10H,1-3H3,(H,17,18)(H,19,20). The smallest absolute Gasteiger partial charge is 0.141 e. The minimum absolute atomic E-state index is 0.151. The number of benzene rings is 1. The van der Waals surface area contributed by atoms with Gasteiger partial charge in [-0.1, -0.05) is 6.07 Å². The van der Waals surface area contributed by atoms with E-state index in [0.717, 1.165) is 33.9 Å². The number of ether oxygens (including phenoxy) is 1. The lowest BCUT2D eigenvalue weighted by Gasteiger charge is -2.12. The number of rotatable bonds is 4. The van der Waals surface area contributed by atoms with E-state index in [2.05, 4.69) is 20.5 Å². The molecule has 2 N–H and O–H groups in total. The van der Waals surface area contributed by atoms with Crippen molar-refractivity contribution in [3.63, 3.8) is 0 Å². The van der Waals surface area contributed by atoms with E-state index < -0.39 is 0 Å². The van der Waals surface area contributed by atoms with Crippen molar-refractivity contribution >= 4 is 22.4 Å². The summed E-state index contributed by atoms with van der Waals surface area (Å²) in [6.45, 7) is 5.98. The summed E-state index contributed by atoms with van der Waals surface area (Å²) >= 11 is 0. The first-order valence-corrected chi connectivity index (χ1v) is 6.97. The van der Waals surface area contributed by atoms with Gasteiger partial charge in [-0.25, -0.2) is 4.98 Å². The van der Waals surface area contributed by atoms with Gasteiger partial charge in [0.1, 0.15) is 11.6 Å². The second-order valence-electron chi connectivity index (χ2n) is 5.21. The number of aromatic amines is 1. The zero-order valence-corrected chi connectivity index (χ0v) is 12.3.